The molecule has 0 spiro atoms. The molecule has 1 aromatic rings. The van der Waals surface area contributed by atoms with Gasteiger partial charge in [0.05, 0.1) is 12.4 Å². The van der Waals surface area contributed by atoms with Crippen LogP contribution in [0.15, 0.2) is 29.2 Å². The van der Waals surface area contributed by atoms with Crippen LogP contribution in [0, 0.1) is 5.82 Å². The maximum Gasteiger partial charge on any atom is 0.321 e. The van der Waals surface area contributed by atoms with E-state index in [0.29, 0.717) is 18.0 Å². The van der Waals surface area contributed by atoms with Crippen molar-refractivity contribution in [3.8, 4) is 0 Å². The van der Waals surface area contributed by atoms with Gasteiger partial charge < -0.3 is 10.1 Å². The topological polar surface area (TPSA) is 67.4 Å². The first-order valence-electron chi connectivity index (χ1n) is 5.57. The molecule has 3 amide bonds. The Bertz CT molecular complexity index is 443. The molecule has 0 radical (unpaired) electrons. The molecule has 5 nitrogen and oxygen atoms in total. The summed E-state index contributed by atoms with van der Waals surface area (Å²) < 4.78 is 18.0. The molecule has 0 bridgehead atoms. The van der Waals surface area contributed by atoms with Crippen LogP contribution in [0.1, 0.15) is 0 Å². The van der Waals surface area contributed by atoms with Crippen LogP contribution in [-0.4, -0.2) is 38.0 Å². The van der Waals surface area contributed by atoms with Gasteiger partial charge in [-0.2, -0.15) is 0 Å². The summed E-state index contributed by atoms with van der Waals surface area (Å²) in [6.07, 6.45) is 0. The molecule has 0 aliphatic carbocycles. The zero-order valence-electron chi connectivity index (χ0n) is 10.4. The summed E-state index contributed by atoms with van der Waals surface area (Å²) in [6.45, 7) is 0.682. The van der Waals surface area contributed by atoms with Crippen LogP contribution in [0.3, 0.4) is 0 Å². The molecule has 1 aromatic carbocycles. The molecule has 7 heteroatoms. The lowest BCUT2D eigenvalue weighted by atomic mass is 10.3. The van der Waals surface area contributed by atoms with Crippen LogP contribution in [0.25, 0.3) is 0 Å². The molecular formula is C12H15FN2O3S. The summed E-state index contributed by atoms with van der Waals surface area (Å²) in [5.74, 6) is -0.897. The summed E-state index contributed by atoms with van der Waals surface area (Å²) in [6, 6.07) is 5.56. The van der Waals surface area contributed by atoms with Crippen LogP contribution < -0.4 is 10.6 Å². The van der Waals surface area contributed by atoms with Crippen molar-refractivity contribution in [3.05, 3.63) is 30.1 Å². The second-order valence-electron chi connectivity index (χ2n) is 3.52. The van der Waals surface area contributed by atoms with Crippen molar-refractivity contribution in [1.82, 2.24) is 10.6 Å². The van der Waals surface area contributed by atoms with E-state index in [4.69, 9.17) is 4.74 Å². The largest absolute Gasteiger partial charge is 0.383 e. The molecule has 0 aliphatic heterocycles. The van der Waals surface area contributed by atoms with E-state index in [1.165, 1.54) is 13.2 Å². The first-order valence-corrected chi connectivity index (χ1v) is 6.56. The van der Waals surface area contributed by atoms with Gasteiger partial charge in [0.25, 0.3) is 0 Å². The number of nitrogens with one attached hydrogen (secondary N) is 2. The Balaban J connectivity index is 2.28. The highest BCUT2D eigenvalue weighted by molar-refractivity contribution is 8.00. The van der Waals surface area contributed by atoms with Gasteiger partial charge in [-0.15, -0.1) is 11.8 Å². The Hall–Kier alpha value is -1.60. The summed E-state index contributed by atoms with van der Waals surface area (Å²) in [5, 5.41) is 4.59. The number of imide groups is 1. The molecule has 0 unspecified atom stereocenters. The van der Waals surface area contributed by atoms with E-state index >= 15 is 0 Å². The average Bonchev–Trinajstić information content (AvgIpc) is 2.38. The number of ether oxygens (including phenoxy) is 1. The molecule has 2 N–H and O–H groups in total. The molecule has 0 aliphatic rings. The third kappa shape index (κ3) is 6.21. The predicted molar refractivity (Wildman–Crippen MR) is 70.5 cm³/mol. The van der Waals surface area contributed by atoms with E-state index < -0.39 is 11.9 Å². The number of carbonyl (C=O) groups is 2. The van der Waals surface area contributed by atoms with Gasteiger partial charge in [-0.3, -0.25) is 10.1 Å². The van der Waals surface area contributed by atoms with Gasteiger partial charge in [-0.05, 0) is 12.1 Å². The maximum atomic E-state index is 13.3. The van der Waals surface area contributed by atoms with Crippen LogP contribution in [0.2, 0.25) is 0 Å². The lowest BCUT2D eigenvalue weighted by molar-refractivity contribution is -0.117. The standard InChI is InChI=1S/C12H15FN2O3S/c1-18-7-6-14-12(17)15-11(16)8-19-10-5-3-2-4-9(10)13/h2-5H,6-8H2,1H3,(H2,14,15,16,17). The van der Waals surface area contributed by atoms with Crippen molar-refractivity contribution >= 4 is 23.7 Å². The molecular weight excluding hydrogens is 271 g/mol. The highest BCUT2D eigenvalue weighted by Gasteiger charge is 2.09. The third-order valence-corrected chi connectivity index (χ3v) is 3.09. The Morgan fingerprint density at radius 1 is 1.37 bits per heavy atom. The number of hydrogen-bond donors (Lipinski definition) is 2. The van der Waals surface area contributed by atoms with Crippen molar-refractivity contribution < 1.29 is 18.7 Å². The zero-order chi connectivity index (χ0) is 14.1. The molecule has 0 heterocycles. The van der Waals surface area contributed by atoms with Crippen molar-refractivity contribution in [3.63, 3.8) is 0 Å². The molecule has 104 valence electrons. The Kier molecular flexibility index (Phi) is 6.91. The summed E-state index contributed by atoms with van der Waals surface area (Å²) in [5.41, 5.74) is 0. The fraction of sp³-hybridized carbons (Fsp3) is 0.333. The second kappa shape index (κ2) is 8.49. The number of benzene rings is 1. The Morgan fingerprint density at radius 2 is 2.11 bits per heavy atom. The minimum absolute atomic E-state index is 0.0291. The van der Waals surface area contributed by atoms with E-state index in [2.05, 4.69) is 10.6 Å². The van der Waals surface area contributed by atoms with Crippen molar-refractivity contribution in [2.24, 2.45) is 0 Å². The van der Waals surface area contributed by atoms with Crippen LogP contribution in [0.4, 0.5) is 9.18 Å². The highest BCUT2D eigenvalue weighted by Crippen LogP contribution is 2.20. The third-order valence-electron chi connectivity index (χ3n) is 2.04. The quantitative estimate of drug-likeness (QED) is 0.612. The molecule has 1 rings (SSSR count). The normalized spacial score (nSPS) is 10.0. The zero-order valence-corrected chi connectivity index (χ0v) is 11.3. The minimum atomic E-state index is -0.587. The van der Waals surface area contributed by atoms with E-state index in [-0.39, 0.29) is 11.6 Å². The van der Waals surface area contributed by atoms with E-state index in [1.54, 1.807) is 18.2 Å². The van der Waals surface area contributed by atoms with E-state index in [0.717, 1.165) is 11.8 Å². The maximum absolute atomic E-state index is 13.3. The Labute approximate surface area is 114 Å². The number of hydrogen-bond acceptors (Lipinski definition) is 4. The number of thioether (sulfide) groups is 1. The number of amides is 3. The van der Waals surface area contributed by atoms with Crippen LogP contribution in [0.5, 0.6) is 0 Å². The predicted octanol–water partition coefficient (Wildman–Crippen LogP) is 1.39. The number of methoxy groups -OCH3 is 1. The summed E-state index contributed by atoms with van der Waals surface area (Å²) in [7, 11) is 1.51. The van der Waals surface area contributed by atoms with Gasteiger partial charge in [0, 0.05) is 18.6 Å². The van der Waals surface area contributed by atoms with Gasteiger partial charge in [0.1, 0.15) is 5.82 Å². The summed E-state index contributed by atoms with van der Waals surface area (Å²) >= 11 is 1.03. The second-order valence-corrected chi connectivity index (χ2v) is 4.53. The van der Waals surface area contributed by atoms with E-state index in [9.17, 15) is 14.0 Å². The fourth-order valence-electron chi connectivity index (χ4n) is 1.18. The lowest BCUT2D eigenvalue weighted by Gasteiger charge is -2.06. The van der Waals surface area contributed by atoms with Crippen molar-refractivity contribution in [2.75, 3.05) is 26.0 Å². The lowest BCUT2D eigenvalue weighted by Crippen LogP contribution is -2.41. The molecule has 0 atom stereocenters. The number of carbonyl (C=O) groups excluding carboxylic acids is 2. The number of urea groups is 1. The average molecular weight is 286 g/mol. The van der Waals surface area contributed by atoms with Gasteiger partial charge in [0.2, 0.25) is 5.91 Å². The highest BCUT2D eigenvalue weighted by atomic mass is 32.2. The molecule has 19 heavy (non-hydrogen) atoms. The molecule has 0 aromatic heterocycles. The van der Waals surface area contributed by atoms with Crippen LogP contribution >= 0.6 is 11.8 Å². The van der Waals surface area contributed by atoms with Gasteiger partial charge >= 0.3 is 6.03 Å². The van der Waals surface area contributed by atoms with Crippen molar-refractivity contribution in [1.29, 1.82) is 0 Å². The van der Waals surface area contributed by atoms with Crippen molar-refractivity contribution in [2.45, 2.75) is 4.90 Å². The van der Waals surface area contributed by atoms with Gasteiger partial charge in [0.15, 0.2) is 0 Å². The SMILES string of the molecule is COCCNC(=O)NC(=O)CSc1ccccc1F. The van der Waals surface area contributed by atoms with Gasteiger partial charge in [-0.1, -0.05) is 12.1 Å². The number of halogens is 1. The number of rotatable bonds is 6. The monoisotopic (exact) mass is 286 g/mol. The first-order chi connectivity index (χ1) is 9.13. The van der Waals surface area contributed by atoms with Crippen LogP contribution in [-0.2, 0) is 9.53 Å². The smallest absolute Gasteiger partial charge is 0.321 e. The molecule has 0 saturated carbocycles. The summed E-state index contributed by atoms with van der Waals surface area (Å²) in [4.78, 5) is 23.0. The minimum Gasteiger partial charge on any atom is -0.383 e. The first kappa shape index (κ1) is 15.5. The van der Waals surface area contributed by atoms with Gasteiger partial charge in [-0.25, -0.2) is 9.18 Å². The van der Waals surface area contributed by atoms with E-state index in [1.807, 2.05) is 0 Å². The fourth-order valence-corrected chi connectivity index (χ4v) is 1.92. The Morgan fingerprint density at radius 3 is 2.79 bits per heavy atom. The molecule has 0 saturated heterocycles. The molecule has 0 fully saturated rings.